The van der Waals surface area contributed by atoms with Crippen molar-refractivity contribution in [1.29, 1.82) is 0 Å². The minimum absolute atomic E-state index is 0.0243. The Morgan fingerprint density at radius 3 is 2.56 bits per heavy atom. The molecule has 94 valence electrons. The van der Waals surface area contributed by atoms with Crippen molar-refractivity contribution in [3.63, 3.8) is 0 Å². The van der Waals surface area contributed by atoms with Crippen LogP contribution in [0.2, 0.25) is 0 Å². The first kappa shape index (κ1) is 13.4. The summed E-state index contributed by atoms with van der Waals surface area (Å²) < 4.78 is 25.0. The van der Waals surface area contributed by atoms with Crippen LogP contribution in [0.3, 0.4) is 0 Å². The molecule has 0 aromatic carbocycles. The van der Waals surface area contributed by atoms with E-state index < -0.39 is 17.1 Å². The fourth-order valence-corrected chi connectivity index (χ4v) is 2.31. The van der Waals surface area contributed by atoms with E-state index in [-0.39, 0.29) is 18.4 Å². The van der Waals surface area contributed by atoms with Crippen molar-refractivity contribution in [2.45, 2.75) is 45.1 Å². The molecule has 1 N–H and O–H groups in total. The molecular formula is C10H19NO4S. The van der Waals surface area contributed by atoms with E-state index in [1.807, 2.05) is 0 Å². The number of thiol groups is 1. The Labute approximate surface area is 97.7 Å². The molecular weight excluding hydrogens is 230 g/mol. The molecule has 1 saturated carbocycles. The molecule has 16 heavy (non-hydrogen) atoms. The van der Waals surface area contributed by atoms with Gasteiger partial charge < -0.3 is 5.32 Å². The second-order valence-corrected chi connectivity index (χ2v) is 4.88. The minimum Gasteiger partial charge on any atom is -0.353 e. The average molecular weight is 249 g/mol. The van der Waals surface area contributed by atoms with Crippen LogP contribution in [0.1, 0.15) is 39.0 Å². The number of amides is 1. The van der Waals surface area contributed by atoms with Crippen LogP contribution >= 0.6 is 0 Å². The van der Waals surface area contributed by atoms with Crippen molar-refractivity contribution in [3.8, 4) is 0 Å². The third-order valence-corrected chi connectivity index (χ3v) is 3.34. The first-order valence-electron chi connectivity index (χ1n) is 5.68. The van der Waals surface area contributed by atoms with E-state index in [9.17, 15) is 13.2 Å². The van der Waals surface area contributed by atoms with Crippen LogP contribution in [0.4, 0.5) is 0 Å². The number of rotatable bonds is 5. The molecule has 1 amide bonds. The summed E-state index contributed by atoms with van der Waals surface area (Å²) in [6, 6.07) is 0. The summed E-state index contributed by atoms with van der Waals surface area (Å²) in [5.41, 5.74) is 0. The van der Waals surface area contributed by atoms with Gasteiger partial charge in [-0.05, 0) is 19.8 Å². The van der Waals surface area contributed by atoms with E-state index in [2.05, 4.69) is 9.50 Å². The Morgan fingerprint density at radius 2 is 2.00 bits per heavy atom. The lowest BCUT2D eigenvalue weighted by Gasteiger charge is -2.21. The van der Waals surface area contributed by atoms with Gasteiger partial charge in [-0.1, -0.05) is 19.3 Å². The smallest absolute Gasteiger partial charge is 0.257 e. The molecule has 0 bridgehead atoms. The van der Waals surface area contributed by atoms with Crippen molar-refractivity contribution in [2.24, 2.45) is 5.92 Å². The van der Waals surface area contributed by atoms with Gasteiger partial charge in [0.1, 0.15) is 0 Å². The Hall–Kier alpha value is -0.620. The maximum atomic E-state index is 11.7. The number of hydrogen-bond donors (Lipinski definition) is 2. The Morgan fingerprint density at radius 1 is 1.38 bits per heavy atom. The quantitative estimate of drug-likeness (QED) is 0.700. The Bertz CT molecular complexity index is 289. The Balaban J connectivity index is 2.23. The van der Waals surface area contributed by atoms with Gasteiger partial charge >= 0.3 is 0 Å². The molecule has 1 aliphatic rings. The van der Waals surface area contributed by atoms with E-state index in [0.29, 0.717) is 0 Å². The van der Waals surface area contributed by atoms with Crippen LogP contribution in [-0.2, 0) is 20.0 Å². The topological polar surface area (TPSA) is 72.5 Å². The van der Waals surface area contributed by atoms with Crippen LogP contribution in [0.15, 0.2) is 0 Å². The molecule has 0 saturated heterocycles. The highest BCUT2D eigenvalue weighted by atomic mass is 32.2. The van der Waals surface area contributed by atoms with Crippen molar-refractivity contribution in [2.75, 3.05) is 6.54 Å². The first-order valence-corrected chi connectivity index (χ1v) is 6.78. The maximum Gasteiger partial charge on any atom is 0.257 e. The van der Waals surface area contributed by atoms with Crippen molar-refractivity contribution in [3.05, 3.63) is 0 Å². The summed E-state index contributed by atoms with van der Waals surface area (Å²) in [7, 11) is -2.84. The summed E-state index contributed by atoms with van der Waals surface area (Å²) in [4.78, 5) is 11.7. The highest BCUT2D eigenvalue weighted by Crippen LogP contribution is 2.23. The molecule has 0 aromatic rings. The summed E-state index contributed by atoms with van der Waals surface area (Å²) in [5.74, 6) is 0.123. The zero-order chi connectivity index (χ0) is 12.0. The fourth-order valence-electron chi connectivity index (χ4n) is 1.94. The molecule has 5 nitrogen and oxygen atoms in total. The number of nitrogens with one attached hydrogen (secondary N) is 1. The van der Waals surface area contributed by atoms with Gasteiger partial charge in [0.25, 0.3) is 11.0 Å². The third kappa shape index (κ3) is 4.94. The largest absolute Gasteiger partial charge is 0.353 e. The molecule has 1 atom stereocenters. The second-order valence-electron chi connectivity index (χ2n) is 4.22. The molecule has 1 rings (SSSR count). The predicted molar refractivity (Wildman–Crippen MR) is 60.4 cm³/mol. The number of hydrogen-bond acceptors (Lipinski definition) is 4. The van der Waals surface area contributed by atoms with Gasteiger partial charge in [-0.15, -0.1) is 0 Å². The van der Waals surface area contributed by atoms with E-state index in [1.54, 1.807) is 6.92 Å². The third-order valence-electron chi connectivity index (χ3n) is 2.81. The van der Waals surface area contributed by atoms with Gasteiger partial charge in [-0.25, -0.2) is 8.42 Å². The molecule has 1 fully saturated rings. The van der Waals surface area contributed by atoms with Gasteiger partial charge in [0.2, 0.25) is 5.91 Å². The Kier molecular flexibility index (Phi) is 5.76. The lowest BCUT2D eigenvalue weighted by molar-refractivity contribution is -0.126. The van der Waals surface area contributed by atoms with Crippen molar-refractivity contribution in [1.82, 2.24) is 5.32 Å². The molecule has 0 spiro atoms. The van der Waals surface area contributed by atoms with Gasteiger partial charge in [-0.2, -0.15) is 0 Å². The SMILES string of the molecule is CC(CNC(=O)C1CCCCC1)O[SH](=O)=O. The van der Waals surface area contributed by atoms with Gasteiger partial charge in [0.05, 0.1) is 6.10 Å². The van der Waals surface area contributed by atoms with Gasteiger partial charge in [0.15, 0.2) is 0 Å². The maximum absolute atomic E-state index is 11.7. The van der Waals surface area contributed by atoms with Crippen molar-refractivity contribution >= 4 is 16.9 Å². The van der Waals surface area contributed by atoms with Crippen LogP contribution in [-0.4, -0.2) is 27.0 Å². The standard InChI is InChI=1S/C10H19NO4S/c1-8(15-16(13)14)7-11-10(12)9-5-3-2-4-6-9/h8-9,16H,2-7H2,1H3,(H,11,12). The lowest BCUT2D eigenvalue weighted by atomic mass is 9.89. The molecule has 6 heteroatoms. The summed E-state index contributed by atoms with van der Waals surface area (Å²) in [5, 5.41) is 2.73. The second kappa shape index (κ2) is 6.85. The molecule has 0 radical (unpaired) electrons. The monoisotopic (exact) mass is 249 g/mol. The fraction of sp³-hybridized carbons (Fsp3) is 0.900. The highest BCUT2D eigenvalue weighted by molar-refractivity contribution is 7.67. The first-order chi connectivity index (χ1) is 7.59. The molecule has 1 unspecified atom stereocenters. The van der Waals surface area contributed by atoms with Crippen LogP contribution in [0, 0.1) is 5.92 Å². The average Bonchev–Trinajstić information content (AvgIpc) is 2.26. The van der Waals surface area contributed by atoms with Gasteiger partial charge in [-0.3, -0.25) is 8.98 Å². The van der Waals surface area contributed by atoms with E-state index in [0.717, 1.165) is 25.7 Å². The van der Waals surface area contributed by atoms with E-state index in [1.165, 1.54) is 6.42 Å². The highest BCUT2D eigenvalue weighted by Gasteiger charge is 2.21. The zero-order valence-electron chi connectivity index (χ0n) is 9.48. The molecule has 0 heterocycles. The number of carbonyl (C=O) groups is 1. The molecule has 1 aliphatic carbocycles. The van der Waals surface area contributed by atoms with Gasteiger partial charge in [0, 0.05) is 12.5 Å². The summed E-state index contributed by atoms with van der Waals surface area (Å²) >= 11 is 0. The normalized spacial score (nSPS) is 19.6. The predicted octanol–water partition coefficient (Wildman–Crippen LogP) is 0.614. The van der Waals surface area contributed by atoms with Crippen molar-refractivity contribution < 1.29 is 17.4 Å². The van der Waals surface area contributed by atoms with E-state index >= 15 is 0 Å². The number of carbonyl (C=O) groups excluding carboxylic acids is 1. The van der Waals surface area contributed by atoms with Crippen LogP contribution in [0.25, 0.3) is 0 Å². The van der Waals surface area contributed by atoms with Crippen LogP contribution in [0.5, 0.6) is 0 Å². The minimum atomic E-state index is -2.84. The zero-order valence-corrected chi connectivity index (χ0v) is 10.4. The van der Waals surface area contributed by atoms with E-state index in [4.69, 9.17) is 0 Å². The summed E-state index contributed by atoms with van der Waals surface area (Å²) in [6.07, 6.45) is 4.81. The molecule has 0 aromatic heterocycles. The summed E-state index contributed by atoms with van der Waals surface area (Å²) in [6.45, 7) is 1.87. The van der Waals surface area contributed by atoms with Crippen LogP contribution < -0.4 is 5.32 Å². The lowest BCUT2D eigenvalue weighted by Crippen LogP contribution is -2.36. The molecule has 0 aliphatic heterocycles.